The molecular formula is C20H22N4O3S. The third-order valence-electron chi connectivity index (χ3n) is 4.30. The third-order valence-corrected chi connectivity index (χ3v) is 5.32. The molecular weight excluding hydrogens is 376 g/mol. The van der Waals surface area contributed by atoms with Gasteiger partial charge in [0.2, 0.25) is 17.6 Å². The first-order valence-corrected chi connectivity index (χ1v) is 10.3. The van der Waals surface area contributed by atoms with Crippen molar-refractivity contribution in [2.75, 3.05) is 0 Å². The highest BCUT2D eigenvalue weighted by Crippen LogP contribution is 2.40. The second-order valence-electron chi connectivity index (χ2n) is 7.16. The summed E-state index contributed by atoms with van der Waals surface area (Å²) in [5.74, 6) is 1.96. The molecule has 2 aromatic heterocycles. The van der Waals surface area contributed by atoms with E-state index in [4.69, 9.17) is 9.05 Å². The molecule has 28 heavy (non-hydrogen) atoms. The molecule has 1 aromatic carbocycles. The monoisotopic (exact) mass is 398 g/mol. The van der Waals surface area contributed by atoms with Crippen LogP contribution in [0.15, 0.2) is 44.3 Å². The Morgan fingerprint density at radius 2 is 2.00 bits per heavy atom. The van der Waals surface area contributed by atoms with Crippen molar-refractivity contribution in [3.63, 3.8) is 0 Å². The maximum atomic E-state index is 12.2. The molecule has 0 radical (unpaired) electrons. The summed E-state index contributed by atoms with van der Waals surface area (Å²) in [5.41, 5.74) is 1.52. The SMILES string of the molecule is CC(C)Sc1ccc(CC(=O)NCc2nc(-c3cc(C4CC4)on3)no2)cc1. The van der Waals surface area contributed by atoms with Crippen LogP contribution in [0.3, 0.4) is 0 Å². The van der Waals surface area contributed by atoms with Crippen LogP contribution in [0, 0.1) is 0 Å². The maximum Gasteiger partial charge on any atom is 0.246 e. The number of thioether (sulfide) groups is 1. The maximum absolute atomic E-state index is 12.2. The minimum absolute atomic E-state index is 0.0959. The molecule has 8 heteroatoms. The van der Waals surface area contributed by atoms with Crippen molar-refractivity contribution in [2.24, 2.45) is 0 Å². The van der Waals surface area contributed by atoms with Crippen molar-refractivity contribution in [1.29, 1.82) is 0 Å². The van der Waals surface area contributed by atoms with Gasteiger partial charge in [-0.15, -0.1) is 11.8 Å². The summed E-state index contributed by atoms with van der Waals surface area (Å²) in [6.45, 7) is 4.49. The predicted molar refractivity (Wildman–Crippen MR) is 105 cm³/mol. The van der Waals surface area contributed by atoms with E-state index < -0.39 is 0 Å². The van der Waals surface area contributed by atoms with Crippen molar-refractivity contribution in [3.05, 3.63) is 47.5 Å². The molecule has 3 aromatic rings. The molecule has 0 bridgehead atoms. The van der Waals surface area contributed by atoms with Gasteiger partial charge in [0.1, 0.15) is 5.76 Å². The van der Waals surface area contributed by atoms with E-state index in [9.17, 15) is 4.79 Å². The van der Waals surface area contributed by atoms with Crippen LogP contribution in [0.1, 0.15) is 49.8 Å². The number of hydrogen-bond donors (Lipinski definition) is 1. The van der Waals surface area contributed by atoms with Crippen molar-refractivity contribution in [2.45, 2.75) is 55.7 Å². The molecule has 1 N–H and O–H groups in total. The number of rotatable bonds is 8. The summed E-state index contributed by atoms with van der Waals surface area (Å²) in [7, 11) is 0. The summed E-state index contributed by atoms with van der Waals surface area (Å²) in [4.78, 5) is 17.7. The fourth-order valence-corrected chi connectivity index (χ4v) is 3.60. The van der Waals surface area contributed by atoms with Gasteiger partial charge in [-0.05, 0) is 30.5 Å². The Kier molecular flexibility index (Phi) is 5.47. The van der Waals surface area contributed by atoms with E-state index in [1.165, 1.54) is 4.90 Å². The van der Waals surface area contributed by atoms with Gasteiger partial charge >= 0.3 is 0 Å². The van der Waals surface area contributed by atoms with E-state index in [0.717, 1.165) is 24.2 Å². The molecule has 1 aliphatic carbocycles. The number of amides is 1. The molecule has 0 spiro atoms. The Hall–Kier alpha value is -2.61. The first kappa shape index (κ1) is 18.7. The first-order chi connectivity index (χ1) is 13.6. The van der Waals surface area contributed by atoms with Gasteiger partial charge in [0.05, 0.1) is 13.0 Å². The van der Waals surface area contributed by atoms with E-state index in [0.29, 0.717) is 35.0 Å². The number of hydrogen-bond acceptors (Lipinski definition) is 7. The molecule has 4 rings (SSSR count). The Balaban J connectivity index is 1.28. The summed E-state index contributed by atoms with van der Waals surface area (Å²) in [6.07, 6.45) is 2.58. The highest BCUT2D eigenvalue weighted by atomic mass is 32.2. The molecule has 0 atom stereocenters. The van der Waals surface area contributed by atoms with E-state index in [2.05, 4.69) is 34.5 Å². The molecule has 0 aliphatic heterocycles. The lowest BCUT2D eigenvalue weighted by Crippen LogP contribution is -2.24. The molecule has 0 unspecified atom stereocenters. The van der Waals surface area contributed by atoms with Gasteiger partial charge in [-0.1, -0.05) is 36.3 Å². The first-order valence-electron chi connectivity index (χ1n) is 9.38. The zero-order chi connectivity index (χ0) is 19.5. The number of carbonyl (C=O) groups is 1. The summed E-state index contributed by atoms with van der Waals surface area (Å²) < 4.78 is 10.5. The molecule has 1 amide bonds. The van der Waals surface area contributed by atoms with E-state index >= 15 is 0 Å². The van der Waals surface area contributed by atoms with E-state index in [-0.39, 0.29) is 12.5 Å². The zero-order valence-corrected chi connectivity index (χ0v) is 16.7. The van der Waals surface area contributed by atoms with Gasteiger partial charge in [-0.2, -0.15) is 4.98 Å². The lowest BCUT2D eigenvalue weighted by molar-refractivity contribution is -0.120. The van der Waals surface area contributed by atoms with Crippen LogP contribution >= 0.6 is 11.8 Å². The number of nitrogens with one attached hydrogen (secondary N) is 1. The molecule has 1 fully saturated rings. The fourth-order valence-electron chi connectivity index (χ4n) is 2.77. The second kappa shape index (κ2) is 8.18. The van der Waals surface area contributed by atoms with Gasteiger partial charge in [0.25, 0.3) is 0 Å². The van der Waals surface area contributed by atoms with Crippen molar-refractivity contribution >= 4 is 17.7 Å². The van der Waals surface area contributed by atoms with Crippen LogP contribution < -0.4 is 5.32 Å². The lowest BCUT2D eigenvalue weighted by Gasteiger charge is -2.06. The molecule has 1 aliphatic rings. The summed E-state index contributed by atoms with van der Waals surface area (Å²) in [6, 6.07) is 9.91. The van der Waals surface area contributed by atoms with Gasteiger partial charge < -0.3 is 14.4 Å². The van der Waals surface area contributed by atoms with Crippen LogP contribution in [0.2, 0.25) is 0 Å². The minimum atomic E-state index is -0.0959. The second-order valence-corrected chi connectivity index (χ2v) is 8.81. The smallest absolute Gasteiger partial charge is 0.246 e. The predicted octanol–water partition coefficient (Wildman–Crippen LogP) is 3.96. The molecule has 146 valence electrons. The Bertz CT molecular complexity index is 945. The average molecular weight is 398 g/mol. The molecule has 7 nitrogen and oxygen atoms in total. The highest BCUT2D eigenvalue weighted by molar-refractivity contribution is 7.99. The number of carbonyl (C=O) groups excluding carboxylic acids is 1. The van der Waals surface area contributed by atoms with Gasteiger partial charge in [0.15, 0.2) is 5.69 Å². The van der Waals surface area contributed by atoms with Crippen LogP contribution in [-0.2, 0) is 17.8 Å². The average Bonchev–Trinajstić information content (AvgIpc) is 3.21. The topological polar surface area (TPSA) is 94.1 Å². The Morgan fingerprint density at radius 3 is 2.71 bits per heavy atom. The van der Waals surface area contributed by atoms with Crippen LogP contribution in [0.4, 0.5) is 0 Å². The molecule has 2 heterocycles. The van der Waals surface area contributed by atoms with E-state index in [1.54, 1.807) is 11.8 Å². The largest absolute Gasteiger partial charge is 0.360 e. The van der Waals surface area contributed by atoms with Crippen molar-refractivity contribution in [1.82, 2.24) is 20.6 Å². The summed E-state index contributed by atoms with van der Waals surface area (Å²) >= 11 is 1.80. The standard InChI is InChI=1S/C20H22N4O3S/c1-12(2)28-15-7-3-13(4-8-15)9-18(25)21-11-19-22-20(24-27-19)16-10-17(26-23-16)14-5-6-14/h3-4,7-8,10,12,14H,5-6,9,11H2,1-2H3,(H,21,25). The number of benzene rings is 1. The zero-order valence-electron chi connectivity index (χ0n) is 15.8. The molecule has 0 saturated heterocycles. The highest BCUT2D eigenvalue weighted by Gasteiger charge is 2.28. The fraction of sp³-hybridized carbons (Fsp3) is 0.400. The Morgan fingerprint density at radius 1 is 1.21 bits per heavy atom. The number of aromatic nitrogens is 3. The summed E-state index contributed by atoms with van der Waals surface area (Å²) in [5, 5.41) is 11.2. The normalized spacial score (nSPS) is 13.8. The van der Waals surface area contributed by atoms with Gasteiger partial charge in [-0.25, -0.2) is 0 Å². The van der Waals surface area contributed by atoms with Crippen LogP contribution in [0.5, 0.6) is 0 Å². The van der Waals surface area contributed by atoms with Crippen LogP contribution in [-0.4, -0.2) is 26.5 Å². The van der Waals surface area contributed by atoms with Crippen molar-refractivity contribution < 1.29 is 13.8 Å². The Labute approximate surface area is 167 Å². The van der Waals surface area contributed by atoms with Crippen molar-refractivity contribution in [3.8, 4) is 11.5 Å². The third kappa shape index (κ3) is 4.81. The van der Waals surface area contributed by atoms with Gasteiger partial charge in [-0.3, -0.25) is 4.79 Å². The van der Waals surface area contributed by atoms with Gasteiger partial charge in [0, 0.05) is 22.1 Å². The molecule has 1 saturated carbocycles. The van der Waals surface area contributed by atoms with Crippen LogP contribution in [0.25, 0.3) is 11.5 Å². The minimum Gasteiger partial charge on any atom is -0.360 e. The quantitative estimate of drug-likeness (QED) is 0.574. The number of nitrogens with zero attached hydrogens (tertiary/aromatic N) is 3. The lowest BCUT2D eigenvalue weighted by atomic mass is 10.1. The van der Waals surface area contributed by atoms with E-state index in [1.807, 2.05) is 30.3 Å².